The monoisotopic (exact) mass is 269 g/mol. The number of aromatic nitrogens is 2. The zero-order valence-electron chi connectivity index (χ0n) is 9.90. The molecule has 7 heteroatoms. The van der Waals surface area contributed by atoms with Gasteiger partial charge in [-0.3, -0.25) is 4.79 Å². The van der Waals surface area contributed by atoms with Crippen LogP contribution in [-0.2, 0) is 11.0 Å². The molecular weight excluding hydrogens is 259 g/mol. The lowest BCUT2D eigenvalue weighted by Crippen LogP contribution is -2.11. The zero-order chi connectivity index (χ0) is 14.0. The topological polar surface area (TPSA) is 46.9 Å². The highest BCUT2D eigenvalue weighted by Crippen LogP contribution is 2.31. The first-order chi connectivity index (χ1) is 8.88. The van der Waals surface area contributed by atoms with Crippen molar-refractivity contribution < 1.29 is 18.0 Å². The quantitative estimate of drug-likeness (QED) is 0.911. The summed E-state index contributed by atoms with van der Waals surface area (Å²) in [5.41, 5.74) is -0.623. The molecule has 0 saturated carbocycles. The van der Waals surface area contributed by atoms with E-state index in [-0.39, 0.29) is 5.82 Å². The van der Waals surface area contributed by atoms with E-state index in [4.69, 9.17) is 0 Å². The number of anilines is 1. The first-order valence-corrected chi connectivity index (χ1v) is 5.38. The Bertz CT molecular complexity index is 590. The van der Waals surface area contributed by atoms with Gasteiger partial charge in [-0.2, -0.15) is 18.3 Å². The van der Waals surface area contributed by atoms with E-state index in [0.717, 1.165) is 10.7 Å². The van der Waals surface area contributed by atoms with Crippen molar-refractivity contribution in [3.8, 4) is 5.69 Å². The molecule has 0 unspecified atom stereocenters. The molecule has 0 spiro atoms. The molecule has 1 amide bonds. The molecule has 1 N–H and O–H groups in total. The molecule has 2 aromatic rings. The van der Waals surface area contributed by atoms with Gasteiger partial charge in [-0.15, -0.1) is 0 Å². The van der Waals surface area contributed by atoms with E-state index in [0.29, 0.717) is 5.69 Å². The van der Waals surface area contributed by atoms with E-state index in [1.54, 1.807) is 30.3 Å². The summed E-state index contributed by atoms with van der Waals surface area (Å²) in [7, 11) is 0. The van der Waals surface area contributed by atoms with Gasteiger partial charge >= 0.3 is 6.18 Å². The predicted octanol–water partition coefficient (Wildman–Crippen LogP) is 2.85. The number of carbonyl (C=O) groups excluding carboxylic acids is 1. The van der Waals surface area contributed by atoms with Gasteiger partial charge in [-0.25, -0.2) is 4.68 Å². The Kier molecular flexibility index (Phi) is 3.28. The minimum absolute atomic E-state index is 0.0222. The molecule has 0 radical (unpaired) electrons. The van der Waals surface area contributed by atoms with E-state index in [1.807, 2.05) is 0 Å². The van der Waals surface area contributed by atoms with Gasteiger partial charge in [0.1, 0.15) is 5.82 Å². The van der Waals surface area contributed by atoms with Crippen molar-refractivity contribution in [2.24, 2.45) is 0 Å². The minimum Gasteiger partial charge on any atom is -0.311 e. The maximum absolute atomic E-state index is 12.6. The number of carbonyl (C=O) groups is 1. The summed E-state index contributed by atoms with van der Waals surface area (Å²) < 4.78 is 39.0. The number of hydrogen-bond acceptors (Lipinski definition) is 2. The number of amides is 1. The van der Waals surface area contributed by atoms with E-state index < -0.39 is 17.8 Å². The first-order valence-electron chi connectivity index (χ1n) is 5.38. The smallest absolute Gasteiger partial charge is 0.311 e. The largest absolute Gasteiger partial charge is 0.435 e. The normalized spacial score (nSPS) is 11.4. The lowest BCUT2D eigenvalue weighted by atomic mass is 10.3. The highest BCUT2D eigenvalue weighted by atomic mass is 19.4. The molecule has 0 aliphatic heterocycles. The van der Waals surface area contributed by atoms with Crippen molar-refractivity contribution in [1.82, 2.24) is 9.78 Å². The Morgan fingerprint density at radius 3 is 2.42 bits per heavy atom. The summed E-state index contributed by atoms with van der Waals surface area (Å²) in [4.78, 5) is 11.0. The number of halogens is 3. The second-order valence-electron chi connectivity index (χ2n) is 3.84. The molecular formula is C12H10F3N3O. The molecule has 4 nitrogen and oxygen atoms in total. The van der Waals surface area contributed by atoms with Gasteiger partial charge in [-0.1, -0.05) is 18.2 Å². The zero-order valence-corrected chi connectivity index (χ0v) is 9.90. The molecule has 1 heterocycles. The average Bonchev–Trinajstić information content (AvgIpc) is 2.73. The molecule has 100 valence electrons. The summed E-state index contributed by atoms with van der Waals surface area (Å²) in [6.07, 6.45) is -4.56. The number of nitrogens with one attached hydrogen (secondary N) is 1. The van der Waals surface area contributed by atoms with Gasteiger partial charge in [-0.05, 0) is 12.1 Å². The van der Waals surface area contributed by atoms with Crippen LogP contribution in [0.15, 0.2) is 36.4 Å². The second-order valence-corrected chi connectivity index (χ2v) is 3.84. The molecule has 1 aromatic carbocycles. The number of hydrogen-bond donors (Lipinski definition) is 1. The molecule has 0 saturated heterocycles. The van der Waals surface area contributed by atoms with Crippen LogP contribution in [0, 0.1) is 0 Å². The van der Waals surface area contributed by atoms with Gasteiger partial charge < -0.3 is 5.32 Å². The fourth-order valence-corrected chi connectivity index (χ4v) is 1.56. The Labute approximate surface area is 106 Å². The fourth-order valence-electron chi connectivity index (χ4n) is 1.56. The van der Waals surface area contributed by atoms with Crippen molar-refractivity contribution in [1.29, 1.82) is 0 Å². The van der Waals surface area contributed by atoms with Gasteiger partial charge in [0.15, 0.2) is 5.69 Å². The van der Waals surface area contributed by atoms with Gasteiger partial charge in [0.2, 0.25) is 5.91 Å². The number of alkyl halides is 3. The molecule has 19 heavy (non-hydrogen) atoms. The molecule has 0 bridgehead atoms. The van der Waals surface area contributed by atoms with E-state index in [9.17, 15) is 18.0 Å². The van der Waals surface area contributed by atoms with Crippen LogP contribution in [0.3, 0.4) is 0 Å². The van der Waals surface area contributed by atoms with Crippen molar-refractivity contribution in [3.63, 3.8) is 0 Å². The van der Waals surface area contributed by atoms with Crippen LogP contribution in [0.25, 0.3) is 5.69 Å². The molecule has 0 aliphatic carbocycles. The average molecular weight is 269 g/mol. The highest BCUT2D eigenvalue weighted by Gasteiger charge is 2.35. The third-order valence-electron chi connectivity index (χ3n) is 2.30. The molecule has 0 fully saturated rings. The third kappa shape index (κ3) is 2.93. The molecule has 1 aromatic heterocycles. The highest BCUT2D eigenvalue weighted by molar-refractivity contribution is 5.88. The lowest BCUT2D eigenvalue weighted by molar-refractivity contribution is -0.141. The predicted molar refractivity (Wildman–Crippen MR) is 62.9 cm³/mol. The molecule has 2 rings (SSSR count). The second kappa shape index (κ2) is 4.75. The van der Waals surface area contributed by atoms with Crippen LogP contribution in [-0.4, -0.2) is 15.7 Å². The third-order valence-corrected chi connectivity index (χ3v) is 2.30. The Balaban J connectivity index is 2.52. The Morgan fingerprint density at radius 2 is 1.89 bits per heavy atom. The fraction of sp³-hybridized carbons (Fsp3) is 0.167. The maximum atomic E-state index is 12.6. The molecule has 0 atom stereocenters. The van der Waals surface area contributed by atoms with E-state index in [2.05, 4.69) is 10.4 Å². The Hall–Kier alpha value is -2.31. The van der Waals surface area contributed by atoms with Crippen molar-refractivity contribution in [2.45, 2.75) is 13.1 Å². The van der Waals surface area contributed by atoms with Gasteiger partial charge in [0, 0.05) is 13.0 Å². The van der Waals surface area contributed by atoms with Crippen molar-refractivity contribution in [2.75, 3.05) is 5.32 Å². The lowest BCUT2D eigenvalue weighted by Gasteiger charge is -2.06. The van der Waals surface area contributed by atoms with Crippen LogP contribution in [0.1, 0.15) is 12.6 Å². The summed E-state index contributed by atoms with van der Waals surface area (Å²) in [5, 5.41) is 5.81. The van der Waals surface area contributed by atoms with Crippen molar-refractivity contribution >= 4 is 11.7 Å². The van der Waals surface area contributed by atoms with Crippen LogP contribution in [0.4, 0.5) is 19.0 Å². The van der Waals surface area contributed by atoms with E-state index in [1.165, 1.54) is 6.92 Å². The Morgan fingerprint density at radius 1 is 1.26 bits per heavy atom. The van der Waals surface area contributed by atoms with Crippen LogP contribution >= 0.6 is 0 Å². The van der Waals surface area contributed by atoms with Crippen LogP contribution < -0.4 is 5.32 Å². The summed E-state index contributed by atoms with van der Waals surface area (Å²) in [6.45, 7) is 1.22. The summed E-state index contributed by atoms with van der Waals surface area (Å²) in [6, 6.07) is 9.06. The van der Waals surface area contributed by atoms with E-state index >= 15 is 0 Å². The number of rotatable bonds is 2. The summed E-state index contributed by atoms with van der Waals surface area (Å²) >= 11 is 0. The van der Waals surface area contributed by atoms with Crippen molar-refractivity contribution in [3.05, 3.63) is 42.1 Å². The summed E-state index contributed by atoms with van der Waals surface area (Å²) in [5.74, 6) is -0.489. The first kappa shape index (κ1) is 13.1. The van der Waals surface area contributed by atoms with Crippen LogP contribution in [0.2, 0.25) is 0 Å². The number of nitrogens with zero attached hydrogens (tertiary/aromatic N) is 2. The van der Waals surface area contributed by atoms with Gasteiger partial charge in [0.25, 0.3) is 0 Å². The number of benzene rings is 1. The van der Waals surface area contributed by atoms with Gasteiger partial charge in [0.05, 0.1) is 5.69 Å². The van der Waals surface area contributed by atoms with Crippen LogP contribution in [0.5, 0.6) is 0 Å². The molecule has 0 aliphatic rings. The number of para-hydroxylation sites is 1. The maximum Gasteiger partial charge on any atom is 0.435 e. The standard InChI is InChI=1S/C12H10F3N3O/c1-8(19)16-11-7-10(12(13,14)15)17-18(11)9-5-3-2-4-6-9/h2-7H,1H3,(H,16,19). The minimum atomic E-state index is -4.56. The SMILES string of the molecule is CC(=O)Nc1cc(C(F)(F)F)nn1-c1ccccc1.